The van der Waals surface area contributed by atoms with Crippen molar-refractivity contribution in [3.8, 4) is 0 Å². The van der Waals surface area contributed by atoms with E-state index < -0.39 is 0 Å². The third-order valence-electron chi connectivity index (χ3n) is 5.29. The van der Waals surface area contributed by atoms with Gasteiger partial charge >= 0.3 is 0 Å². The number of fused-ring (bicyclic) bond motifs is 1. The molecule has 3 heterocycles. The fourth-order valence-corrected chi connectivity index (χ4v) is 3.89. The Morgan fingerprint density at radius 3 is 2.85 bits per heavy atom. The molecule has 0 spiro atoms. The van der Waals surface area contributed by atoms with Crippen molar-refractivity contribution in [3.63, 3.8) is 0 Å². The summed E-state index contributed by atoms with van der Waals surface area (Å²) < 4.78 is 1.99. The lowest BCUT2D eigenvalue weighted by molar-refractivity contribution is 0.141. The van der Waals surface area contributed by atoms with Gasteiger partial charge in [0.1, 0.15) is 0 Å². The fourth-order valence-electron chi connectivity index (χ4n) is 3.89. The monoisotopic (exact) mass is 350 g/mol. The molecule has 1 fully saturated rings. The second-order valence-corrected chi connectivity index (χ2v) is 7.64. The molecule has 1 N–H and O–H groups in total. The second kappa shape index (κ2) is 7.17. The minimum absolute atomic E-state index is 0.251. The summed E-state index contributed by atoms with van der Waals surface area (Å²) in [6.07, 6.45) is 6.52. The van der Waals surface area contributed by atoms with E-state index in [-0.39, 0.29) is 12.0 Å². The molecule has 0 saturated carbocycles. The highest BCUT2D eigenvalue weighted by molar-refractivity contribution is 5.81. The lowest BCUT2D eigenvalue weighted by Crippen LogP contribution is -2.21. The Balaban J connectivity index is 1.45. The van der Waals surface area contributed by atoms with Gasteiger partial charge in [-0.2, -0.15) is 5.10 Å². The topological polar surface area (TPSA) is 54.2 Å². The number of rotatable bonds is 5. The van der Waals surface area contributed by atoms with Gasteiger partial charge in [-0.3, -0.25) is 14.6 Å². The number of pyridine rings is 1. The van der Waals surface area contributed by atoms with Crippen molar-refractivity contribution in [1.82, 2.24) is 19.7 Å². The number of likely N-dealkylation sites (tertiary alicyclic amines) is 1. The van der Waals surface area contributed by atoms with Gasteiger partial charge in [-0.1, -0.05) is 18.2 Å². The number of nitrogens with zero attached hydrogens (tertiary/aromatic N) is 4. The van der Waals surface area contributed by atoms with E-state index in [1.807, 2.05) is 29.2 Å². The van der Waals surface area contributed by atoms with Gasteiger partial charge in [0.15, 0.2) is 0 Å². The van der Waals surface area contributed by atoms with Crippen LogP contribution in [0.2, 0.25) is 0 Å². The summed E-state index contributed by atoms with van der Waals surface area (Å²) in [5.74, 6) is 0.251. The summed E-state index contributed by atoms with van der Waals surface area (Å²) >= 11 is 0. The maximum Gasteiger partial charge on any atom is 0.0710 e. The van der Waals surface area contributed by atoms with E-state index >= 15 is 0 Å². The van der Waals surface area contributed by atoms with Gasteiger partial charge in [-0.25, -0.2) is 0 Å². The number of β-amino-alcohol motifs (C(OH)–C–C–N with tert-alkyl or cyclic N) is 1. The van der Waals surface area contributed by atoms with Crippen LogP contribution in [-0.2, 0) is 13.0 Å². The van der Waals surface area contributed by atoms with Gasteiger partial charge in [0.2, 0.25) is 0 Å². The summed E-state index contributed by atoms with van der Waals surface area (Å²) in [4.78, 5) is 6.77. The molecular weight excluding hydrogens is 324 g/mol. The van der Waals surface area contributed by atoms with Crippen molar-refractivity contribution < 1.29 is 5.11 Å². The van der Waals surface area contributed by atoms with Crippen molar-refractivity contribution in [1.29, 1.82) is 0 Å². The minimum Gasteiger partial charge on any atom is -0.391 e. The standard InChI is InChI=1S/C21H26N4O/c1-15(2)25-12-16(10-23-25)11-24-13-18(21(26)14-24)9-17-7-8-22-20-6-4-3-5-19(17)20/h3-8,10,12,15,18,21,26H,9,11,13-14H2,1-2H3/t18-,21+/m1/s1. The first-order valence-corrected chi connectivity index (χ1v) is 9.36. The average Bonchev–Trinajstić information content (AvgIpc) is 3.23. The second-order valence-electron chi connectivity index (χ2n) is 7.64. The van der Waals surface area contributed by atoms with Crippen LogP contribution < -0.4 is 0 Å². The third kappa shape index (κ3) is 3.50. The fraction of sp³-hybridized carbons (Fsp3) is 0.429. The zero-order chi connectivity index (χ0) is 18.1. The smallest absolute Gasteiger partial charge is 0.0710 e. The molecule has 5 heteroatoms. The van der Waals surface area contributed by atoms with E-state index in [1.54, 1.807) is 0 Å². The van der Waals surface area contributed by atoms with E-state index in [1.165, 1.54) is 16.5 Å². The molecule has 1 aliphatic heterocycles. The molecule has 3 aromatic rings. The van der Waals surface area contributed by atoms with Crippen LogP contribution in [0.5, 0.6) is 0 Å². The van der Waals surface area contributed by atoms with Crippen LogP contribution >= 0.6 is 0 Å². The normalized spacial score (nSPS) is 21.1. The molecule has 0 radical (unpaired) electrons. The molecule has 4 rings (SSSR count). The van der Waals surface area contributed by atoms with Crippen LogP contribution in [0, 0.1) is 5.92 Å². The lowest BCUT2D eigenvalue weighted by atomic mass is 9.94. The van der Waals surface area contributed by atoms with Gasteiger partial charge in [-0.15, -0.1) is 0 Å². The van der Waals surface area contributed by atoms with Crippen LogP contribution in [0.4, 0.5) is 0 Å². The number of aromatic nitrogens is 3. The molecule has 1 aliphatic rings. The predicted octanol–water partition coefficient (Wildman–Crippen LogP) is 3.05. The van der Waals surface area contributed by atoms with Crippen molar-refractivity contribution in [2.75, 3.05) is 13.1 Å². The lowest BCUT2D eigenvalue weighted by Gasteiger charge is -2.15. The van der Waals surface area contributed by atoms with Crippen LogP contribution in [0.15, 0.2) is 48.9 Å². The molecule has 1 aromatic carbocycles. The van der Waals surface area contributed by atoms with Gasteiger partial charge in [0.05, 0.1) is 17.8 Å². The first-order valence-electron chi connectivity index (χ1n) is 9.36. The summed E-state index contributed by atoms with van der Waals surface area (Å²) in [6.45, 7) is 6.74. The zero-order valence-corrected chi connectivity index (χ0v) is 15.4. The number of aliphatic hydroxyl groups excluding tert-OH is 1. The highest BCUT2D eigenvalue weighted by Gasteiger charge is 2.31. The number of hydrogen-bond donors (Lipinski definition) is 1. The Kier molecular flexibility index (Phi) is 4.74. The van der Waals surface area contributed by atoms with Crippen LogP contribution in [0.1, 0.15) is 31.0 Å². The highest BCUT2D eigenvalue weighted by Crippen LogP contribution is 2.26. The molecule has 2 atom stereocenters. The van der Waals surface area contributed by atoms with Crippen LogP contribution in [0.25, 0.3) is 10.9 Å². The van der Waals surface area contributed by atoms with Gasteiger partial charge in [0, 0.05) is 54.9 Å². The molecule has 26 heavy (non-hydrogen) atoms. The Labute approximate surface area is 154 Å². The summed E-state index contributed by atoms with van der Waals surface area (Å²) in [5, 5.41) is 16.2. The first-order chi connectivity index (χ1) is 12.6. The van der Waals surface area contributed by atoms with E-state index in [0.29, 0.717) is 6.04 Å². The molecule has 1 saturated heterocycles. The molecular formula is C21H26N4O. The molecule has 136 valence electrons. The molecule has 5 nitrogen and oxygen atoms in total. The summed E-state index contributed by atoms with van der Waals surface area (Å²) in [6, 6.07) is 10.7. The zero-order valence-electron chi connectivity index (χ0n) is 15.4. The van der Waals surface area contributed by atoms with Crippen molar-refractivity contribution >= 4 is 10.9 Å². The van der Waals surface area contributed by atoms with Crippen LogP contribution in [0.3, 0.4) is 0 Å². The van der Waals surface area contributed by atoms with Crippen molar-refractivity contribution in [3.05, 3.63) is 60.0 Å². The quantitative estimate of drug-likeness (QED) is 0.768. The first kappa shape index (κ1) is 17.2. The Hall–Kier alpha value is -2.24. The highest BCUT2D eigenvalue weighted by atomic mass is 16.3. The van der Waals surface area contributed by atoms with Gasteiger partial charge in [0.25, 0.3) is 0 Å². The van der Waals surface area contributed by atoms with Crippen molar-refractivity contribution in [2.45, 2.75) is 39.0 Å². The average molecular weight is 350 g/mol. The molecule has 0 aliphatic carbocycles. The number of benzene rings is 1. The Bertz CT molecular complexity index is 883. The predicted molar refractivity (Wildman–Crippen MR) is 103 cm³/mol. The SMILES string of the molecule is CC(C)n1cc(CN2C[C@@H](Cc3ccnc4ccccc34)[C@@H](O)C2)cn1. The summed E-state index contributed by atoms with van der Waals surface area (Å²) in [7, 11) is 0. The van der Waals surface area contributed by atoms with Gasteiger partial charge < -0.3 is 5.11 Å². The molecule has 0 unspecified atom stereocenters. The van der Waals surface area contributed by atoms with Gasteiger partial charge in [-0.05, 0) is 38.0 Å². The molecule has 2 aromatic heterocycles. The number of aliphatic hydroxyl groups is 1. The number of para-hydroxylation sites is 1. The maximum absolute atomic E-state index is 10.6. The van der Waals surface area contributed by atoms with Crippen LogP contribution in [-0.4, -0.2) is 44.0 Å². The van der Waals surface area contributed by atoms with Crippen molar-refractivity contribution in [2.24, 2.45) is 5.92 Å². The minimum atomic E-state index is -0.290. The van der Waals surface area contributed by atoms with E-state index in [0.717, 1.165) is 31.6 Å². The van der Waals surface area contributed by atoms with E-state index in [9.17, 15) is 5.11 Å². The maximum atomic E-state index is 10.6. The third-order valence-corrected chi connectivity index (χ3v) is 5.29. The van der Waals surface area contributed by atoms with E-state index in [2.05, 4.69) is 53.2 Å². The Morgan fingerprint density at radius 2 is 2.04 bits per heavy atom. The Morgan fingerprint density at radius 1 is 1.19 bits per heavy atom. The molecule has 0 bridgehead atoms. The van der Waals surface area contributed by atoms with E-state index in [4.69, 9.17) is 0 Å². The molecule has 0 amide bonds. The number of hydrogen-bond acceptors (Lipinski definition) is 4. The summed E-state index contributed by atoms with van der Waals surface area (Å²) in [5.41, 5.74) is 3.51. The largest absolute Gasteiger partial charge is 0.391 e.